The second kappa shape index (κ2) is 8.06. The van der Waals surface area contributed by atoms with Crippen LogP contribution in [0.4, 0.5) is 5.82 Å². The number of benzene rings is 1. The van der Waals surface area contributed by atoms with E-state index in [0.717, 1.165) is 0 Å². The maximum Gasteiger partial charge on any atom is 0.169 e. The van der Waals surface area contributed by atoms with E-state index in [4.69, 9.17) is 49.5 Å². The molecule has 0 fully saturated rings. The summed E-state index contributed by atoms with van der Waals surface area (Å²) in [4.78, 5) is 3.96. The first-order valence-corrected chi connectivity index (χ1v) is 7.61. The molecule has 2 aromatic rings. The lowest BCUT2D eigenvalue weighted by atomic mass is 10.2. The zero-order valence-electron chi connectivity index (χ0n) is 12.6. The standard InChI is InChI=1S/C15H11Cl3N4O2/c1-23-10-5-3-4-8(13(10)24-2)7-20-22-15-12(17)11(16)9(6-19)14(18)21-15/h3-5,7H,1-2H3,(H,21,22). The molecular formula is C15H11Cl3N4O2. The number of nitrogens with one attached hydrogen (secondary N) is 1. The summed E-state index contributed by atoms with van der Waals surface area (Å²) in [6, 6.07) is 7.19. The molecule has 9 heteroatoms. The van der Waals surface area contributed by atoms with Gasteiger partial charge in [0.15, 0.2) is 22.5 Å². The largest absolute Gasteiger partial charge is 0.493 e. The molecule has 0 aliphatic heterocycles. The smallest absolute Gasteiger partial charge is 0.169 e. The van der Waals surface area contributed by atoms with E-state index in [1.807, 2.05) is 6.07 Å². The Morgan fingerprint density at radius 2 is 1.96 bits per heavy atom. The van der Waals surface area contributed by atoms with Crippen molar-refractivity contribution in [1.82, 2.24) is 4.98 Å². The average Bonchev–Trinajstić information content (AvgIpc) is 2.59. The fourth-order valence-corrected chi connectivity index (χ4v) is 2.52. The minimum atomic E-state index is -0.0661. The number of anilines is 1. The van der Waals surface area contributed by atoms with Crippen LogP contribution in [-0.4, -0.2) is 25.4 Å². The Kier molecular flexibility index (Phi) is 6.10. The van der Waals surface area contributed by atoms with E-state index in [2.05, 4.69) is 15.5 Å². The number of halogens is 3. The molecule has 1 N–H and O–H groups in total. The fraction of sp³-hybridized carbons (Fsp3) is 0.133. The topological polar surface area (TPSA) is 79.5 Å². The number of hydrogen-bond donors (Lipinski definition) is 1. The molecule has 0 aliphatic carbocycles. The maximum absolute atomic E-state index is 8.95. The Morgan fingerprint density at radius 3 is 2.58 bits per heavy atom. The predicted octanol–water partition coefficient (Wildman–Crippen LogP) is 4.38. The van der Waals surface area contributed by atoms with Gasteiger partial charge in [0.1, 0.15) is 16.7 Å². The molecule has 6 nitrogen and oxygen atoms in total. The van der Waals surface area contributed by atoms with Gasteiger partial charge in [0.25, 0.3) is 0 Å². The highest BCUT2D eigenvalue weighted by molar-refractivity contribution is 6.45. The zero-order valence-corrected chi connectivity index (χ0v) is 14.9. The van der Waals surface area contributed by atoms with E-state index in [0.29, 0.717) is 17.1 Å². The van der Waals surface area contributed by atoms with Crippen LogP contribution in [0.5, 0.6) is 11.5 Å². The third kappa shape index (κ3) is 3.65. The molecule has 0 amide bonds. The molecule has 0 unspecified atom stereocenters. The van der Waals surface area contributed by atoms with Crippen LogP contribution in [0.2, 0.25) is 15.2 Å². The van der Waals surface area contributed by atoms with E-state index in [1.165, 1.54) is 13.3 Å². The molecule has 0 spiro atoms. The summed E-state index contributed by atoms with van der Waals surface area (Å²) < 4.78 is 10.5. The lowest BCUT2D eigenvalue weighted by Gasteiger charge is -2.10. The number of rotatable bonds is 5. The van der Waals surface area contributed by atoms with Gasteiger partial charge in [0, 0.05) is 5.56 Å². The van der Waals surface area contributed by atoms with E-state index in [1.54, 1.807) is 25.3 Å². The highest BCUT2D eigenvalue weighted by Gasteiger charge is 2.16. The molecule has 1 aromatic carbocycles. The van der Waals surface area contributed by atoms with E-state index in [9.17, 15) is 0 Å². The SMILES string of the molecule is COc1cccc(C=NNc2nc(Cl)c(C#N)c(Cl)c2Cl)c1OC. The van der Waals surface area contributed by atoms with Crippen molar-refractivity contribution in [2.45, 2.75) is 0 Å². The van der Waals surface area contributed by atoms with Crippen molar-refractivity contribution in [3.8, 4) is 17.6 Å². The number of nitrogens with zero attached hydrogens (tertiary/aromatic N) is 3. The summed E-state index contributed by atoms with van der Waals surface area (Å²) in [5.74, 6) is 1.23. The molecule has 1 aromatic heterocycles. The van der Waals surface area contributed by atoms with Crippen molar-refractivity contribution in [1.29, 1.82) is 5.26 Å². The monoisotopic (exact) mass is 384 g/mol. The number of hydrazone groups is 1. The lowest BCUT2D eigenvalue weighted by Crippen LogP contribution is -1.99. The summed E-state index contributed by atoms with van der Waals surface area (Å²) in [6.45, 7) is 0. The first-order valence-electron chi connectivity index (χ1n) is 6.48. The lowest BCUT2D eigenvalue weighted by molar-refractivity contribution is 0.354. The van der Waals surface area contributed by atoms with Crippen LogP contribution in [0, 0.1) is 11.3 Å². The quantitative estimate of drug-likeness (QED) is 0.469. The van der Waals surface area contributed by atoms with Gasteiger partial charge >= 0.3 is 0 Å². The minimum absolute atomic E-state index is 0.00679. The number of para-hydroxylation sites is 1. The number of hydrogen-bond acceptors (Lipinski definition) is 6. The third-order valence-corrected chi connectivity index (χ3v) is 4.07. The van der Waals surface area contributed by atoms with Gasteiger partial charge in [0.2, 0.25) is 0 Å². The molecule has 0 saturated heterocycles. The van der Waals surface area contributed by atoms with Crippen molar-refractivity contribution >= 4 is 46.8 Å². The average molecular weight is 386 g/mol. The van der Waals surface area contributed by atoms with E-state index >= 15 is 0 Å². The Hall–Kier alpha value is -2.20. The van der Waals surface area contributed by atoms with E-state index < -0.39 is 0 Å². The van der Waals surface area contributed by atoms with Gasteiger partial charge in [-0.25, -0.2) is 4.98 Å². The van der Waals surface area contributed by atoms with Crippen LogP contribution in [0.15, 0.2) is 23.3 Å². The van der Waals surface area contributed by atoms with Crippen LogP contribution in [0.1, 0.15) is 11.1 Å². The number of pyridine rings is 1. The third-order valence-electron chi connectivity index (χ3n) is 2.96. The Labute approximate surface area is 153 Å². The van der Waals surface area contributed by atoms with E-state index in [-0.39, 0.29) is 26.6 Å². The zero-order chi connectivity index (χ0) is 17.7. The molecule has 124 valence electrons. The van der Waals surface area contributed by atoms with Crippen LogP contribution in [-0.2, 0) is 0 Å². The first kappa shape index (κ1) is 18.1. The second-order valence-electron chi connectivity index (χ2n) is 4.32. The molecular weight excluding hydrogens is 375 g/mol. The predicted molar refractivity (Wildman–Crippen MR) is 94.7 cm³/mol. The summed E-state index contributed by atoms with van der Waals surface area (Å²) >= 11 is 17.9. The minimum Gasteiger partial charge on any atom is -0.493 e. The van der Waals surface area contributed by atoms with Crippen molar-refractivity contribution < 1.29 is 9.47 Å². The number of ether oxygens (including phenoxy) is 2. The van der Waals surface area contributed by atoms with Crippen LogP contribution >= 0.6 is 34.8 Å². The highest BCUT2D eigenvalue weighted by Crippen LogP contribution is 2.35. The van der Waals surface area contributed by atoms with Gasteiger partial charge < -0.3 is 9.47 Å². The normalized spacial score (nSPS) is 10.5. The van der Waals surface area contributed by atoms with Crippen molar-refractivity contribution in [3.63, 3.8) is 0 Å². The summed E-state index contributed by atoms with van der Waals surface area (Å²) in [5, 5.41) is 13.0. The van der Waals surface area contributed by atoms with Crippen molar-refractivity contribution in [2.24, 2.45) is 5.10 Å². The summed E-state index contributed by atoms with van der Waals surface area (Å²) in [7, 11) is 3.07. The Balaban J connectivity index is 2.30. The van der Waals surface area contributed by atoms with Gasteiger partial charge in [-0.2, -0.15) is 10.4 Å². The second-order valence-corrected chi connectivity index (χ2v) is 5.43. The van der Waals surface area contributed by atoms with Gasteiger partial charge in [-0.1, -0.05) is 40.9 Å². The molecule has 2 rings (SSSR count). The maximum atomic E-state index is 8.95. The molecule has 0 bridgehead atoms. The molecule has 1 heterocycles. The Bertz CT molecular complexity index is 834. The molecule has 24 heavy (non-hydrogen) atoms. The number of nitriles is 1. The van der Waals surface area contributed by atoms with Crippen molar-refractivity contribution in [2.75, 3.05) is 19.6 Å². The van der Waals surface area contributed by atoms with Gasteiger partial charge in [-0.15, -0.1) is 0 Å². The molecule has 0 radical (unpaired) electrons. The molecule has 0 atom stereocenters. The van der Waals surface area contributed by atoms with Gasteiger partial charge in [-0.05, 0) is 12.1 Å². The van der Waals surface area contributed by atoms with Crippen molar-refractivity contribution in [3.05, 3.63) is 44.5 Å². The summed E-state index contributed by atoms with van der Waals surface area (Å²) in [5.41, 5.74) is 3.31. The van der Waals surface area contributed by atoms with Crippen LogP contribution in [0.3, 0.4) is 0 Å². The van der Waals surface area contributed by atoms with Crippen LogP contribution < -0.4 is 14.9 Å². The Morgan fingerprint density at radius 1 is 1.21 bits per heavy atom. The van der Waals surface area contributed by atoms with Gasteiger partial charge in [-0.3, -0.25) is 5.43 Å². The first-order chi connectivity index (χ1) is 11.5. The fourth-order valence-electron chi connectivity index (χ4n) is 1.85. The summed E-state index contributed by atoms with van der Waals surface area (Å²) in [6.07, 6.45) is 1.50. The van der Waals surface area contributed by atoms with Crippen LogP contribution in [0.25, 0.3) is 0 Å². The number of aromatic nitrogens is 1. The molecule has 0 saturated carbocycles. The highest BCUT2D eigenvalue weighted by atomic mass is 35.5. The molecule has 0 aliphatic rings. The van der Waals surface area contributed by atoms with Gasteiger partial charge in [0.05, 0.1) is 25.5 Å². The number of methoxy groups -OCH3 is 2.